The fraction of sp³-hybridized carbons (Fsp3) is 0.143. The number of hydrogen-bond acceptors (Lipinski definition) is 2. The van der Waals surface area contributed by atoms with Crippen LogP contribution in [0, 0.1) is 12.7 Å². The van der Waals surface area contributed by atoms with Gasteiger partial charge in [0.05, 0.1) is 5.69 Å². The van der Waals surface area contributed by atoms with E-state index in [1.807, 2.05) is 5.48 Å². The van der Waals surface area contributed by atoms with Crippen molar-refractivity contribution in [1.29, 1.82) is 0 Å². The molecule has 0 amide bonds. The van der Waals surface area contributed by atoms with Gasteiger partial charge in [-0.15, -0.1) is 0 Å². The number of halogens is 1. The van der Waals surface area contributed by atoms with Crippen molar-refractivity contribution in [3.05, 3.63) is 29.6 Å². The Labute approximate surface area is 59.7 Å². The normalized spacial score (nSPS) is 9.50. The van der Waals surface area contributed by atoms with Gasteiger partial charge >= 0.3 is 0 Å². The van der Waals surface area contributed by atoms with Crippen molar-refractivity contribution in [2.75, 3.05) is 5.48 Å². The third kappa shape index (κ3) is 1.25. The number of rotatable bonds is 1. The maximum Gasteiger partial charge on any atom is 0.123 e. The lowest BCUT2D eigenvalue weighted by Crippen LogP contribution is -1.92. The minimum atomic E-state index is -0.295. The molecule has 0 aliphatic carbocycles. The maximum absolute atomic E-state index is 12.4. The number of benzene rings is 1. The van der Waals surface area contributed by atoms with Gasteiger partial charge in [-0.1, -0.05) is 0 Å². The van der Waals surface area contributed by atoms with E-state index in [1.165, 1.54) is 18.2 Å². The second-order valence-electron chi connectivity index (χ2n) is 2.07. The first-order valence-electron chi connectivity index (χ1n) is 2.90. The van der Waals surface area contributed by atoms with E-state index in [1.54, 1.807) is 6.92 Å². The maximum atomic E-state index is 12.4. The largest absolute Gasteiger partial charge is 0.291 e. The molecule has 0 saturated carbocycles. The van der Waals surface area contributed by atoms with Crippen LogP contribution >= 0.6 is 0 Å². The molecule has 3 heteroatoms. The molecule has 10 heavy (non-hydrogen) atoms. The van der Waals surface area contributed by atoms with Crippen molar-refractivity contribution in [3.8, 4) is 0 Å². The molecule has 0 saturated heterocycles. The lowest BCUT2D eigenvalue weighted by atomic mass is 10.2. The van der Waals surface area contributed by atoms with E-state index in [2.05, 4.69) is 0 Å². The summed E-state index contributed by atoms with van der Waals surface area (Å²) in [5.74, 6) is -0.295. The third-order valence-corrected chi connectivity index (χ3v) is 1.31. The molecule has 0 fully saturated rings. The van der Waals surface area contributed by atoms with Gasteiger partial charge in [0, 0.05) is 1.43 Å². The smallest absolute Gasteiger partial charge is 0.123 e. The Morgan fingerprint density at radius 1 is 1.60 bits per heavy atom. The third-order valence-electron chi connectivity index (χ3n) is 1.31. The highest BCUT2D eigenvalue weighted by molar-refractivity contribution is 5.48. The van der Waals surface area contributed by atoms with Gasteiger partial charge in [0.15, 0.2) is 0 Å². The highest BCUT2D eigenvalue weighted by Gasteiger charge is 1.96. The highest BCUT2D eigenvalue weighted by Crippen LogP contribution is 2.13. The van der Waals surface area contributed by atoms with Gasteiger partial charge in [-0.25, -0.2) is 4.39 Å². The zero-order valence-electron chi connectivity index (χ0n) is 5.56. The molecule has 0 aliphatic heterocycles. The highest BCUT2D eigenvalue weighted by atomic mass is 19.1. The Hall–Kier alpha value is -1.09. The Bertz CT molecular complexity index is 242. The molecule has 56 valence electrons. The van der Waals surface area contributed by atoms with Crippen LogP contribution in [0.3, 0.4) is 0 Å². The van der Waals surface area contributed by atoms with Gasteiger partial charge < -0.3 is 0 Å². The summed E-state index contributed by atoms with van der Waals surface area (Å²) in [6.45, 7) is 1.71. The first kappa shape index (κ1) is 7.02. The van der Waals surface area contributed by atoms with Crippen LogP contribution in [0.4, 0.5) is 10.1 Å². The van der Waals surface area contributed by atoms with Crippen molar-refractivity contribution < 1.29 is 11.0 Å². The van der Waals surface area contributed by atoms with Crippen LogP contribution in [0.2, 0.25) is 0 Å². The summed E-state index contributed by atoms with van der Waals surface area (Å²) >= 11 is 0. The molecule has 0 aromatic heterocycles. The van der Waals surface area contributed by atoms with Crippen LogP contribution in [0.15, 0.2) is 18.2 Å². The van der Waals surface area contributed by atoms with Crippen LogP contribution < -0.4 is 5.48 Å². The zero-order chi connectivity index (χ0) is 7.56. The molecule has 0 bridgehead atoms. The number of hydrogen-bond donors (Lipinski definition) is 2. The Balaban J connectivity index is 0.000001000. The van der Waals surface area contributed by atoms with Crippen molar-refractivity contribution in [2.24, 2.45) is 0 Å². The number of anilines is 1. The Kier molecular flexibility index (Phi) is 1.87. The average Bonchev–Trinajstić information content (AvgIpc) is 1.88. The first-order chi connectivity index (χ1) is 4.74. The Morgan fingerprint density at radius 2 is 2.30 bits per heavy atom. The van der Waals surface area contributed by atoms with Crippen LogP contribution in [0.1, 0.15) is 6.99 Å². The fourth-order valence-electron chi connectivity index (χ4n) is 0.753. The van der Waals surface area contributed by atoms with E-state index < -0.39 is 0 Å². The van der Waals surface area contributed by atoms with Crippen molar-refractivity contribution in [1.82, 2.24) is 0 Å². The summed E-state index contributed by atoms with van der Waals surface area (Å²) in [5, 5.41) is 8.44. The van der Waals surface area contributed by atoms with Gasteiger partial charge in [0.2, 0.25) is 0 Å². The van der Waals surface area contributed by atoms with Gasteiger partial charge in [0.1, 0.15) is 5.82 Å². The van der Waals surface area contributed by atoms with E-state index in [0.717, 1.165) is 0 Å². The lowest BCUT2D eigenvalue weighted by molar-refractivity contribution is 0.388. The van der Waals surface area contributed by atoms with E-state index >= 15 is 0 Å². The summed E-state index contributed by atoms with van der Waals surface area (Å²) < 4.78 is 12.4. The van der Waals surface area contributed by atoms with E-state index in [9.17, 15) is 4.39 Å². The topological polar surface area (TPSA) is 32.3 Å². The van der Waals surface area contributed by atoms with Crippen LogP contribution in [0.5, 0.6) is 0 Å². The molecule has 2 N–H and O–H groups in total. The summed E-state index contributed by atoms with van der Waals surface area (Å²) in [7, 11) is 0. The molecule has 0 atom stereocenters. The molecule has 0 radical (unpaired) electrons. The second-order valence-corrected chi connectivity index (χ2v) is 2.07. The molecule has 1 aromatic rings. The zero-order valence-corrected chi connectivity index (χ0v) is 5.56. The van der Waals surface area contributed by atoms with Gasteiger partial charge in [-0.05, 0) is 30.7 Å². The van der Waals surface area contributed by atoms with Crippen molar-refractivity contribution in [2.45, 2.75) is 6.92 Å². The van der Waals surface area contributed by atoms with E-state index in [0.29, 0.717) is 11.3 Å². The molecule has 0 unspecified atom stereocenters. The molecule has 1 rings (SSSR count). The van der Waals surface area contributed by atoms with E-state index in [4.69, 9.17) is 5.21 Å². The molecule has 1 aromatic carbocycles. The van der Waals surface area contributed by atoms with Gasteiger partial charge in [-0.3, -0.25) is 10.7 Å². The van der Waals surface area contributed by atoms with Crippen LogP contribution in [-0.4, -0.2) is 5.21 Å². The summed E-state index contributed by atoms with van der Waals surface area (Å²) in [5.41, 5.74) is 3.17. The van der Waals surface area contributed by atoms with Crippen molar-refractivity contribution in [3.63, 3.8) is 0 Å². The first-order valence-corrected chi connectivity index (χ1v) is 2.90. The molecule has 0 spiro atoms. The van der Waals surface area contributed by atoms with Crippen molar-refractivity contribution >= 4 is 5.69 Å². The predicted molar refractivity (Wildman–Crippen MR) is 38.7 cm³/mol. The van der Waals surface area contributed by atoms with Gasteiger partial charge in [0.25, 0.3) is 0 Å². The standard InChI is InChI=1S/C7H8FNO.H2/c1-5-4-6(8)2-3-7(5)9-10;/h2-4,9-10H,1H3;1H. The number of aryl methyl sites for hydroxylation is 1. The SMILES string of the molecule is Cc1cc(F)ccc1NO.[HH]. The molecular formula is C7H10FNO. The quantitative estimate of drug-likeness (QED) is 0.590. The van der Waals surface area contributed by atoms with Crippen LogP contribution in [-0.2, 0) is 0 Å². The summed E-state index contributed by atoms with van der Waals surface area (Å²) in [6.07, 6.45) is 0. The predicted octanol–water partition coefficient (Wildman–Crippen LogP) is 2.18. The Morgan fingerprint density at radius 3 is 2.80 bits per heavy atom. The summed E-state index contributed by atoms with van der Waals surface area (Å²) in [6, 6.07) is 4.11. The second kappa shape index (κ2) is 2.66. The molecule has 0 aliphatic rings. The van der Waals surface area contributed by atoms with Crippen LogP contribution in [0.25, 0.3) is 0 Å². The lowest BCUT2D eigenvalue weighted by Gasteiger charge is -2.01. The molecule has 2 nitrogen and oxygen atoms in total. The van der Waals surface area contributed by atoms with E-state index in [-0.39, 0.29) is 7.24 Å². The minimum absolute atomic E-state index is 0. The fourth-order valence-corrected chi connectivity index (χ4v) is 0.753. The van der Waals surface area contributed by atoms with Gasteiger partial charge in [-0.2, -0.15) is 0 Å². The molecular weight excluding hydrogens is 133 g/mol. The molecule has 0 heterocycles. The minimum Gasteiger partial charge on any atom is -0.291 e. The summed E-state index contributed by atoms with van der Waals surface area (Å²) in [4.78, 5) is 0. The monoisotopic (exact) mass is 143 g/mol. The average molecular weight is 143 g/mol. The number of nitrogens with one attached hydrogen (secondary N) is 1.